The van der Waals surface area contributed by atoms with Gasteiger partial charge in [-0.15, -0.1) is 0 Å². The van der Waals surface area contributed by atoms with Gasteiger partial charge in [-0.05, 0) is 24.6 Å². The molecule has 0 atom stereocenters. The van der Waals surface area contributed by atoms with Crippen LogP contribution in [0.1, 0.15) is 19.8 Å². The molecule has 1 heterocycles. The molecule has 7 nitrogen and oxygen atoms in total. The van der Waals surface area contributed by atoms with Gasteiger partial charge in [-0.2, -0.15) is 0 Å². The van der Waals surface area contributed by atoms with E-state index in [9.17, 15) is 14.4 Å². The summed E-state index contributed by atoms with van der Waals surface area (Å²) in [5.74, 6) is -0.193. The van der Waals surface area contributed by atoms with Gasteiger partial charge >= 0.3 is 11.7 Å². The number of benzene rings is 1. The molecule has 0 unspecified atom stereocenters. The molecule has 1 aromatic heterocycles. The molecule has 0 aliphatic heterocycles. The summed E-state index contributed by atoms with van der Waals surface area (Å²) in [6.45, 7) is 2.20. The number of urea groups is 1. The molecule has 2 rings (SSSR count). The number of ether oxygens (including phenoxy) is 1. The minimum atomic E-state index is -0.561. The fourth-order valence-electron chi connectivity index (χ4n) is 1.87. The van der Waals surface area contributed by atoms with Gasteiger partial charge in [-0.1, -0.05) is 13.3 Å². The molecular formula is C16H18N2O5. The van der Waals surface area contributed by atoms with Gasteiger partial charge in [0.25, 0.3) is 5.91 Å². The lowest BCUT2D eigenvalue weighted by Gasteiger charge is -2.08. The van der Waals surface area contributed by atoms with Gasteiger partial charge in [0.05, 0.1) is 0 Å². The zero-order chi connectivity index (χ0) is 16.7. The first-order valence-electron chi connectivity index (χ1n) is 7.33. The maximum absolute atomic E-state index is 11.6. The number of carbonyl (C=O) groups is 2. The third-order valence-corrected chi connectivity index (χ3v) is 3.03. The molecule has 122 valence electrons. The molecule has 0 radical (unpaired) electrons. The van der Waals surface area contributed by atoms with Crippen molar-refractivity contribution in [3.05, 3.63) is 40.8 Å². The van der Waals surface area contributed by atoms with Gasteiger partial charge in [0, 0.05) is 24.1 Å². The van der Waals surface area contributed by atoms with E-state index in [1.54, 1.807) is 18.2 Å². The maximum atomic E-state index is 11.6. The number of carbonyl (C=O) groups excluding carboxylic acids is 2. The normalized spacial score (nSPS) is 10.3. The number of nitrogens with one attached hydrogen (secondary N) is 2. The Bertz CT molecular complexity index is 753. The summed E-state index contributed by atoms with van der Waals surface area (Å²) in [5.41, 5.74) is -0.0936. The van der Waals surface area contributed by atoms with Gasteiger partial charge in [-0.25, -0.2) is 9.59 Å². The van der Waals surface area contributed by atoms with Crippen molar-refractivity contribution in [2.24, 2.45) is 0 Å². The molecule has 0 fully saturated rings. The number of hydrogen-bond donors (Lipinski definition) is 2. The Morgan fingerprint density at radius 2 is 2.00 bits per heavy atom. The highest BCUT2D eigenvalue weighted by molar-refractivity contribution is 5.95. The molecule has 0 saturated carbocycles. The average molecular weight is 318 g/mol. The summed E-state index contributed by atoms with van der Waals surface area (Å²) in [5, 5.41) is 5.48. The predicted octanol–water partition coefficient (Wildman–Crippen LogP) is 1.80. The number of imide groups is 1. The first-order chi connectivity index (χ1) is 11.1. The van der Waals surface area contributed by atoms with Gasteiger partial charge < -0.3 is 14.5 Å². The van der Waals surface area contributed by atoms with Crippen LogP contribution < -0.4 is 21.0 Å². The lowest BCUT2D eigenvalue weighted by atomic mass is 10.2. The molecule has 0 spiro atoms. The van der Waals surface area contributed by atoms with Crippen molar-refractivity contribution in [2.75, 3.05) is 13.2 Å². The summed E-state index contributed by atoms with van der Waals surface area (Å²) in [4.78, 5) is 34.2. The minimum Gasteiger partial charge on any atom is -0.484 e. The molecule has 3 amide bonds. The smallest absolute Gasteiger partial charge is 0.336 e. The van der Waals surface area contributed by atoms with E-state index in [1.165, 1.54) is 12.1 Å². The van der Waals surface area contributed by atoms with Crippen molar-refractivity contribution in [3.8, 4) is 5.75 Å². The number of hydrogen-bond acceptors (Lipinski definition) is 5. The summed E-state index contributed by atoms with van der Waals surface area (Å²) in [6.07, 6.45) is 1.80. The summed E-state index contributed by atoms with van der Waals surface area (Å²) < 4.78 is 10.3. The summed E-state index contributed by atoms with van der Waals surface area (Å²) in [6, 6.07) is 7.30. The van der Waals surface area contributed by atoms with Gasteiger partial charge in [0.2, 0.25) is 0 Å². The van der Waals surface area contributed by atoms with Crippen LogP contribution in [0.4, 0.5) is 4.79 Å². The van der Waals surface area contributed by atoms with Gasteiger partial charge in [-0.3, -0.25) is 10.1 Å². The Hall–Kier alpha value is -2.83. The largest absolute Gasteiger partial charge is 0.484 e. The van der Waals surface area contributed by atoms with E-state index in [1.807, 2.05) is 6.92 Å². The van der Waals surface area contributed by atoms with Crippen molar-refractivity contribution < 1.29 is 18.7 Å². The average Bonchev–Trinajstić information content (AvgIpc) is 2.52. The van der Waals surface area contributed by atoms with Crippen LogP contribution in [0.3, 0.4) is 0 Å². The molecular weight excluding hydrogens is 300 g/mol. The second kappa shape index (κ2) is 7.98. The van der Waals surface area contributed by atoms with Crippen molar-refractivity contribution >= 4 is 22.9 Å². The van der Waals surface area contributed by atoms with Gasteiger partial charge in [0.15, 0.2) is 6.61 Å². The Kier molecular flexibility index (Phi) is 5.74. The summed E-state index contributed by atoms with van der Waals surface area (Å²) in [7, 11) is 0. The van der Waals surface area contributed by atoms with Crippen LogP contribution in [-0.2, 0) is 4.79 Å². The highest BCUT2D eigenvalue weighted by atomic mass is 16.5. The molecule has 23 heavy (non-hydrogen) atoms. The molecule has 0 aliphatic carbocycles. The van der Waals surface area contributed by atoms with Crippen LogP contribution in [0, 0.1) is 0 Å². The Balaban J connectivity index is 1.86. The van der Waals surface area contributed by atoms with E-state index in [0.29, 0.717) is 17.9 Å². The standard InChI is InChI=1S/C16H18N2O5/c1-2-3-8-17-16(21)18-14(19)10-22-12-6-4-11-5-7-15(20)23-13(11)9-12/h4-7,9H,2-3,8,10H2,1H3,(H2,17,18,19,21). The first kappa shape index (κ1) is 16.5. The van der Waals surface area contributed by atoms with Crippen LogP contribution in [-0.4, -0.2) is 25.1 Å². The molecule has 7 heteroatoms. The van der Waals surface area contributed by atoms with E-state index in [-0.39, 0.29) is 6.61 Å². The Morgan fingerprint density at radius 3 is 2.78 bits per heavy atom. The number of amides is 3. The van der Waals surface area contributed by atoms with E-state index in [4.69, 9.17) is 9.15 Å². The van der Waals surface area contributed by atoms with Crippen LogP contribution >= 0.6 is 0 Å². The van der Waals surface area contributed by atoms with Crippen molar-refractivity contribution in [2.45, 2.75) is 19.8 Å². The predicted molar refractivity (Wildman–Crippen MR) is 84.4 cm³/mol. The maximum Gasteiger partial charge on any atom is 0.336 e. The molecule has 2 N–H and O–H groups in total. The fourth-order valence-corrected chi connectivity index (χ4v) is 1.87. The first-order valence-corrected chi connectivity index (χ1v) is 7.33. The minimum absolute atomic E-state index is 0.316. The molecule has 0 bridgehead atoms. The highest BCUT2D eigenvalue weighted by Crippen LogP contribution is 2.19. The van der Waals surface area contributed by atoms with Crippen molar-refractivity contribution in [1.82, 2.24) is 10.6 Å². The SMILES string of the molecule is CCCCNC(=O)NC(=O)COc1ccc2ccc(=O)oc2c1. The van der Waals surface area contributed by atoms with E-state index in [0.717, 1.165) is 18.2 Å². The van der Waals surface area contributed by atoms with Crippen LogP contribution in [0.2, 0.25) is 0 Å². The second-order valence-electron chi connectivity index (χ2n) is 4.90. The van der Waals surface area contributed by atoms with Crippen LogP contribution in [0.25, 0.3) is 11.0 Å². The third kappa shape index (κ3) is 5.14. The molecule has 0 aliphatic rings. The quantitative estimate of drug-likeness (QED) is 0.625. The van der Waals surface area contributed by atoms with Crippen LogP contribution in [0.5, 0.6) is 5.75 Å². The summed E-state index contributed by atoms with van der Waals surface area (Å²) >= 11 is 0. The Morgan fingerprint density at radius 1 is 1.22 bits per heavy atom. The lowest BCUT2D eigenvalue weighted by Crippen LogP contribution is -2.41. The van der Waals surface area contributed by atoms with Gasteiger partial charge in [0.1, 0.15) is 11.3 Å². The molecule has 1 aromatic carbocycles. The number of rotatable bonds is 6. The van der Waals surface area contributed by atoms with Crippen LogP contribution in [0.15, 0.2) is 39.5 Å². The van der Waals surface area contributed by atoms with Crippen molar-refractivity contribution in [3.63, 3.8) is 0 Å². The molecule has 2 aromatic rings. The van der Waals surface area contributed by atoms with E-state index >= 15 is 0 Å². The van der Waals surface area contributed by atoms with E-state index < -0.39 is 17.6 Å². The number of fused-ring (bicyclic) bond motifs is 1. The number of unbranched alkanes of at least 4 members (excludes halogenated alkanes) is 1. The second-order valence-corrected chi connectivity index (χ2v) is 4.90. The fraction of sp³-hybridized carbons (Fsp3) is 0.312. The van der Waals surface area contributed by atoms with Crippen molar-refractivity contribution in [1.29, 1.82) is 0 Å². The monoisotopic (exact) mass is 318 g/mol. The zero-order valence-electron chi connectivity index (χ0n) is 12.8. The third-order valence-electron chi connectivity index (χ3n) is 3.03. The van der Waals surface area contributed by atoms with E-state index in [2.05, 4.69) is 10.6 Å². The zero-order valence-corrected chi connectivity index (χ0v) is 12.8. The topological polar surface area (TPSA) is 97.6 Å². The Labute approximate surface area is 132 Å². The highest BCUT2D eigenvalue weighted by Gasteiger charge is 2.08. The lowest BCUT2D eigenvalue weighted by molar-refractivity contribution is -0.122. The molecule has 0 saturated heterocycles.